The Hall–Kier alpha value is -2.43. The zero-order valence-corrected chi connectivity index (χ0v) is 14.8. The van der Waals surface area contributed by atoms with Crippen molar-refractivity contribution in [2.24, 2.45) is 7.05 Å². The monoisotopic (exact) mass is 341 g/mol. The van der Waals surface area contributed by atoms with Crippen molar-refractivity contribution in [1.82, 2.24) is 14.9 Å². The molecule has 1 N–H and O–H groups in total. The van der Waals surface area contributed by atoms with E-state index in [-0.39, 0.29) is 17.6 Å². The van der Waals surface area contributed by atoms with Gasteiger partial charge in [-0.15, -0.1) is 4.98 Å². The second kappa shape index (κ2) is 7.21. The molecule has 0 spiro atoms. The molecule has 1 saturated heterocycles. The van der Waals surface area contributed by atoms with Crippen LogP contribution in [0.15, 0.2) is 23.0 Å². The number of aryl methyl sites for hydroxylation is 1. The number of ether oxygens (including phenoxy) is 1. The Balaban J connectivity index is 2.16. The molecule has 25 heavy (non-hydrogen) atoms. The van der Waals surface area contributed by atoms with Crippen molar-refractivity contribution < 1.29 is 4.74 Å². The van der Waals surface area contributed by atoms with Gasteiger partial charge in [-0.2, -0.15) is 0 Å². The van der Waals surface area contributed by atoms with Crippen LogP contribution in [0.5, 0.6) is 0 Å². The Labute approximate surface area is 147 Å². The van der Waals surface area contributed by atoms with Crippen LogP contribution in [0.3, 0.4) is 0 Å². The van der Waals surface area contributed by atoms with Gasteiger partial charge in [-0.25, -0.2) is 0 Å². The molecule has 0 unspecified atom stereocenters. The Bertz CT molecular complexity index is 870. The van der Waals surface area contributed by atoms with Gasteiger partial charge >= 0.3 is 0 Å². The maximum Gasteiger partial charge on any atom is 0.270 e. The normalized spacial score (nSPS) is 20.6. The number of aromatic nitrogens is 2. The number of fused-ring (bicyclic) bond motifs is 1. The summed E-state index contributed by atoms with van der Waals surface area (Å²) in [4.78, 5) is 22.6. The molecule has 2 atom stereocenters. The summed E-state index contributed by atoms with van der Waals surface area (Å²) in [5, 5.41) is 3.50. The molecule has 1 aliphatic heterocycles. The van der Waals surface area contributed by atoms with Crippen molar-refractivity contribution >= 4 is 22.5 Å². The molecule has 1 aliphatic rings. The Morgan fingerprint density at radius 2 is 2.28 bits per heavy atom. The number of nitrogens with one attached hydrogen (secondary N) is 1. The van der Waals surface area contributed by atoms with Crippen LogP contribution in [0.25, 0.3) is 15.9 Å². The highest BCUT2D eigenvalue weighted by atomic mass is 16.5. The highest BCUT2D eigenvalue weighted by Crippen LogP contribution is 2.29. The fourth-order valence-corrected chi connectivity index (χ4v) is 3.42. The number of nitrogens with zero attached hydrogens (tertiary/aromatic N) is 4. The van der Waals surface area contributed by atoms with Crippen molar-refractivity contribution in [3.05, 3.63) is 40.0 Å². The summed E-state index contributed by atoms with van der Waals surface area (Å²) in [6.45, 7) is 11.5. The van der Waals surface area contributed by atoms with Crippen LogP contribution in [0.2, 0.25) is 0 Å². The van der Waals surface area contributed by atoms with Gasteiger partial charge in [0.25, 0.3) is 11.4 Å². The van der Waals surface area contributed by atoms with Gasteiger partial charge in [0, 0.05) is 45.4 Å². The first-order chi connectivity index (χ1) is 12.1. The quantitative estimate of drug-likeness (QED) is 0.858. The number of methoxy groups -OCH3 is 1. The molecular formula is C18H23N5O2. The number of hydrogen-bond donors (Lipinski definition) is 1. The van der Waals surface area contributed by atoms with Crippen molar-refractivity contribution in [2.75, 3.05) is 31.7 Å². The number of pyridine rings is 2. The van der Waals surface area contributed by atoms with Gasteiger partial charge < -0.3 is 24.4 Å². The summed E-state index contributed by atoms with van der Waals surface area (Å²) in [5.74, 6) is 0.337. The number of piperazine rings is 1. The average Bonchev–Trinajstić information content (AvgIpc) is 2.64. The van der Waals surface area contributed by atoms with Crippen LogP contribution in [-0.2, 0) is 11.8 Å². The lowest BCUT2D eigenvalue weighted by Crippen LogP contribution is -2.58. The molecule has 0 aromatic carbocycles. The molecule has 7 nitrogen and oxygen atoms in total. The Morgan fingerprint density at radius 1 is 1.48 bits per heavy atom. The van der Waals surface area contributed by atoms with Crippen LogP contribution in [0, 0.1) is 6.57 Å². The van der Waals surface area contributed by atoms with E-state index in [9.17, 15) is 4.79 Å². The van der Waals surface area contributed by atoms with E-state index in [0.29, 0.717) is 17.9 Å². The predicted octanol–water partition coefficient (Wildman–Crippen LogP) is 1.69. The van der Waals surface area contributed by atoms with Gasteiger partial charge in [-0.3, -0.25) is 4.79 Å². The first kappa shape index (κ1) is 17.4. The smallest absolute Gasteiger partial charge is 0.270 e. The maximum atomic E-state index is 12.5. The van der Waals surface area contributed by atoms with E-state index in [2.05, 4.69) is 27.0 Å². The van der Waals surface area contributed by atoms with Crippen molar-refractivity contribution in [3.63, 3.8) is 0 Å². The van der Waals surface area contributed by atoms with Gasteiger partial charge in [0.15, 0.2) is 0 Å². The average molecular weight is 341 g/mol. The van der Waals surface area contributed by atoms with Gasteiger partial charge in [0.1, 0.15) is 0 Å². The standard InChI is InChI=1S/C18H23N5O2/c1-5-13-9-20-12(11-25-4)10-23(13)15-8-17(24)22(3)14-6-7-16(19-2)21-18(14)15/h6-8,12-13,20H,5,9-11H2,1,3-4H3/t12-,13-/m0/s1. The van der Waals surface area contributed by atoms with Crippen LogP contribution in [0.1, 0.15) is 13.3 Å². The molecule has 0 bridgehead atoms. The second-order valence-corrected chi connectivity index (χ2v) is 6.35. The van der Waals surface area contributed by atoms with Crippen LogP contribution in [0.4, 0.5) is 11.5 Å². The van der Waals surface area contributed by atoms with Crippen LogP contribution < -0.4 is 15.8 Å². The molecular weight excluding hydrogens is 318 g/mol. The van der Waals surface area contributed by atoms with E-state index < -0.39 is 0 Å². The summed E-state index contributed by atoms with van der Waals surface area (Å²) in [5.41, 5.74) is 2.17. The van der Waals surface area contributed by atoms with Crippen LogP contribution >= 0.6 is 0 Å². The summed E-state index contributed by atoms with van der Waals surface area (Å²) in [7, 11) is 3.42. The van der Waals surface area contributed by atoms with Crippen LogP contribution in [-0.4, -0.2) is 48.4 Å². The van der Waals surface area contributed by atoms with E-state index in [1.165, 1.54) is 0 Å². The third-order valence-corrected chi connectivity index (χ3v) is 4.82. The summed E-state index contributed by atoms with van der Waals surface area (Å²) >= 11 is 0. The topological polar surface area (TPSA) is 63.8 Å². The zero-order valence-electron chi connectivity index (χ0n) is 14.8. The minimum absolute atomic E-state index is 0.0726. The van der Waals surface area contributed by atoms with E-state index in [0.717, 1.165) is 30.7 Å². The van der Waals surface area contributed by atoms with Crippen molar-refractivity contribution in [1.29, 1.82) is 0 Å². The fourth-order valence-electron chi connectivity index (χ4n) is 3.42. The molecule has 7 heteroatoms. The largest absolute Gasteiger partial charge is 0.383 e. The number of anilines is 1. The molecule has 3 rings (SSSR count). The minimum Gasteiger partial charge on any atom is -0.383 e. The second-order valence-electron chi connectivity index (χ2n) is 6.35. The Morgan fingerprint density at radius 3 is 2.96 bits per heavy atom. The summed E-state index contributed by atoms with van der Waals surface area (Å²) < 4.78 is 6.87. The van der Waals surface area contributed by atoms with Crippen molar-refractivity contribution in [2.45, 2.75) is 25.4 Å². The fraction of sp³-hybridized carbons (Fsp3) is 0.500. The molecule has 0 radical (unpaired) electrons. The van der Waals surface area contributed by atoms with Gasteiger partial charge in [-0.1, -0.05) is 13.5 Å². The highest BCUT2D eigenvalue weighted by molar-refractivity contribution is 5.89. The molecule has 2 aromatic rings. The van der Waals surface area contributed by atoms with E-state index in [1.807, 2.05) is 0 Å². The predicted molar refractivity (Wildman–Crippen MR) is 98.3 cm³/mol. The molecule has 0 amide bonds. The maximum absolute atomic E-state index is 12.5. The van der Waals surface area contributed by atoms with Crippen molar-refractivity contribution in [3.8, 4) is 0 Å². The van der Waals surface area contributed by atoms with Gasteiger partial charge in [0.05, 0.1) is 17.8 Å². The molecule has 1 fully saturated rings. The number of rotatable bonds is 4. The zero-order chi connectivity index (χ0) is 18.0. The number of hydrogen-bond acceptors (Lipinski definition) is 5. The molecule has 132 valence electrons. The van der Waals surface area contributed by atoms with E-state index in [1.54, 1.807) is 36.9 Å². The third-order valence-electron chi connectivity index (χ3n) is 4.82. The lowest BCUT2D eigenvalue weighted by Gasteiger charge is -2.41. The van der Waals surface area contributed by atoms with Gasteiger partial charge in [-0.05, 0) is 18.6 Å². The first-order valence-corrected chi connectivity index (χ1v) is 8.46. The lowest BCUT2D eigenvalue weighted by atomic mass is 10.1. The Kier molecular flexibility index (Phi) is 5.02. The molecule has 2 aromatic heterocycles. The van der Waals surface area contributed by atoms with E-state index in [4.69, 9.17) is 11.3 Å². The SMILES string of the molecule is [C-]#[N+]c1ccc2c(n1)c(N1C[C@@H](COC)NC[C@@H]1CC)cc(=O)n2C. The third kappa shape index (κ3) is 3.23. The summed E-state index contributed by atoms with van der Waals surface area (Å²) in [6.07, 6.45) is 0.950. The molecule has 0 saturated carbocycles. The van der Waals surface area contributed by atoms with E-state index >= 15 is 0 Å². The molecule has 3 heterocycles. The lowest BCUT2D eigenvalue weighted by molar-refractivity contribution is 0.158. The summed E-state index contributed by atoms with van der Waals surface area (Å²) in [6, 6.07) is 5.55. The molecule has 0 aliphatic carbocycles. The van der Waals surface area contributed by atoms with Gasteiger partial charge in [0.2, 0.25) is 5.52 Å². The minimum atomic E-state index is -0.0726. The highest BCUT2D eigenvalue weighted by Gasteiger charge is 2.30. The first-order valence-electron chi connectivity index (χ1n) is 8.46.